The van der Waals surface area contributed by atoms with Gasteiger partial charge in [0.1, 0.15) is 10.8 Å². The van der Waals surface area contributed by atoms with Crippen molar-refractivity contribution in [2.45, 2.75) is 6.54 Å². The summed E-state index contributed by atoms with van der Waals surface area (Å²) in [6.45, 7) is 0.587. The highest BCUT2D eigenvalue weighted by molar-refractivity contribution is 7.09. The zero-order valence-corrected chi connectivity index (χ0v) is 9.90. The van der Waals surface area contributed by atoms with Gasteiger partial charge in [0.2, 0.25) is 0 Å². The van der Waals surface area contributed by atoms with Crippen LogP contribution in [0, 0.1) is 0 Å². The van der Waals surface area contributed by atoms with Gasteiger partial charge in [-0.05, 0) is 12.1 Å². The van der Waals surface area contributed by atoms with E-state index >= 15 is 0 Å². The van der Waals surface area contributed by atoms with Crippen molar-refractivity contribution in [1.29, 1.82) is 0 Å². The Kier molecular flexibility index (Phi) is 3.61. The van der Waals surface area contributed by atoms with Crippen LogP contribution in [0.15, 0.2) is 23.7 Å². The molecule has 0 saturated heterocycles. The van der Waals surface area contributed by atoms with Gasteiger partial charge in [-0.2, -0.15) is 0 Å². The second kappa shape index (κ2) is 5.35. The molecule has 0 fully saturated rings. The van der Waals surface area contributed by atoms with Gasteiger partial charge in [0.15, 0.2) is 5.69 Å². The second-order valence-electron chi connectivity index (χ2n) is 3.07. The van der Waals surface area contributed by atoms with Gasteiger partial charge in [-0.25, -0.2) is 9.78 Å². The molecule has 2 aromatic rings. The molecule has 7 heteroatoms. The number of hydrogen-bond acceptors (Lipinski definition) is 7. The number of anilines is 1. The predicted molar refractivity (Wildman–Crippen MR) is 62.8 cm³/mol. The highest BCUT2D eigenvalue weighted by Gasteiger charge is 2.07. The van der Waals surface area contributed by atoms with Gasteiger partial charge in [-0.15, -0.1) is 21.5 Å². The molecule has 2 heterocycles. The molecule has 0 saturated carbocycles. The molecule has 2 aromatic heterocycles. The molecule has 0 bridgehead atoms. The fourth-order valence-corrected chi connectivity index (χ4v) is 1.70. The van der Waals surface area contributed by atoms with Gasteiger partial charge < -0.3 is 10.1 Å². The summed E-state index contributed by atoms with van der Waals surface area (Å²) in [6, 6.07) is 3.23. The van der Waals surface area contributed by atoms with Crippen molar-refractivity contribution in [2.24, 2.45) is 0 Å². The van der Waals surface area contributed by atoms with Crippen molar-refractivity contribution < 1.29 is 9.53 Å². The van der Waals surface area contributed by atoms with E-state index in [1.54, 1.807) is 29.7 Å². The number of carbonyl (C=O) groups is 1. The number of rotatable bonds is 4. The SMILES string of the molecule is COC(=O)c1ccc(NCc2nccs2)nn1. The fraction of sp³-hybridized carbons (Fsp3) is 0.200. The summed E-state index contributed by atoms with van der Waals surface area (Å²) in [5, 5.41) is 13.5. The number of aromatic nitrogens is 3. The lowest BCUT2D eigenvalue weighted by Gasteiger charge is -2.02. The van der Waals surface area contributed by atoms with Gasteiger partial charge in [0, 0.05) is 11.6 Å². The van der Waals surface area contributed by atoms with Crippen molar-refractivity contribution in [2.75, 3.05) is 12.4 Å². The number of esters is 1. The van der Waals surface area contributed by atoms with Crippen molar-refractivity contribution in [3.8, 4) is 0 Å². The fourth-order valence-electron chi connectivity index (χ4n) is 1.15. The highest BCUT2D eigenvalue weighted by Crippen LogP contribution is 2.08. The van der Waals surface area contributed by atoms with Crippen LogP contribution in [0.5, 0.6) is 0 Å². The minimum Gasteiger partial charge on any atom is -0.464 e. The molecule has 0 radical (unpaired) electrons. The smallest absolute Gasteiger partial charge is 0.358 e. The second-order valence-corrected chi connectivity index (χ2v) is 4.05. The van der Waals surface area contributed by atoms with E-state index in [9.17, 15) is 4.79 Å². The van der Waals surface area contributed by atoms with E-state index in [0.717, 1.165) is 5.01 Å². The average molecular weight is 250 g/mol. The molecule has 0 aliphatic rings. The largest absolute Gasteiger partial charge is 0.464 e. The first-order valence-electron chi connectivity index (χ1n) is 4.84. The van der Waals surface area contributed by atoms with Crippen LogP contribution in [0.25, 0.3) is 0 Å². The van der Waals surface area contributed by atoms with Gasteiger partial charge in [-0.1, -0.05) is 0 Å². The summed E-state index contributed by atoms with van der Waals surface area (Å²) >= 11 is 1.56. The molecule has 17 heavy (non-hydrogen) atoms. The minimum atomic E-state index is -0.496. The minimum absolute atomic E-state index is 0.187. The maximum absolute atomic E-state index is 11.1. The lowest BCUT2D eigenvalue weighted by molar-refractivity contribution is 0.0593. The number of nitrogens with zero attached hydrogens (tertiary/aromatic N) is 3. The van der Waals surface area contributed by atoms with Gasteiger partial charge >= 0.3 is 5.97 Å². The molecule has 2 rings (SSSR count). The molecular formula is C10H10N4O2S. The van der Waals surface area contributed by atoms with Crippen molar-refractivity contribution in [3.63, 3.8) is 0 Å². The van der Waals surface area contributed by atoms with E-state index in [2.05, 4.69) is 25.2 Å². The first-order chi connectivity index (χ1) is 8.29. The van der Waals surface area contributed by atoms with Crippen LogP contribution < -0.4 is 5.32 Å². The Morgan fingerprint density at radius 1 is 1.47 bits per heavy atom. The number of hydrogen-bond donors (Lipinski definition) is 1. The van der Waals surface area contributed by atoms with E-state index < -0.39 is 5.97 Å². The quantitative estimate of drug-likeness (QED) is 0.825. The molecule has 0 unspecified atom stereocenters. The van der Waals surface area contributed by atoms with Crippen molar-refractivity contribution in [3.05, 3.63) is 34.4 Å². The number of carbonyl (C=O) groups excluding carboxylic acids is 1. The molecule has 0 spiro atoms. The predicted octanol–water partition coefficient (Wildman–Crippen LogP) is 1.33. The van der Waals surface area contributed by atoms with Crippen LogP contribution in [0.2, 0.25) is 0 Å². The zero-order chi connectivity index (χ0) is 12.1. The highest BCUT2D eigenvalue weighted by atomic mass is 32.1. The maximum atomic E-state index is 11.1. The standard InChI is InChI=1S/C10H10N4O2S/c1-16-10(15)7-2-3-8(14-13-7)12-6-9-11-4-5-17-9/h2-5H,6H2,1H3,(H,12,14). The number of nitrogens with one attached hydrogen (secondary N) is 1. The summed E-state index contributed by atoms with van der Waals surface area (Å²) < 4.78 is 4.52. The van der Waals surface area contributed by atoms with Gasteiger partial charge in [0.05, 0.1) is 13.7 Å². The molecule has 0 aromatic carbocycles. The topological polar surface area (TPSA) is 77.0 Å². The summed E-state index contributed by atoms with van der Waals surface area (Å²) in [5.41, 5.74) is 0.187. The van der Waals surface area contributed by atoms with Crippen LogP contribution >= 0.6 is 11.3 Å². The molecule has 0 aliphatic heterocycles. The van der Waals surface area contributed by atoms with Crippen LogP contribution in [-0.2, 0) is 11.3 Å². The molecule has 6 nitrogen and oxygen atoms in total. The zero-order valence-electron chi connectivity index (χ0n) is 9.08. The molecular weight excluding hydrogens is 240 g/mol. The van der Waals surface area contributed by atoms with E-state index in [-0.39, 0.29) is 5.69 Å². The van der Waals surface area contributed by atoms with Crippen molar-refractivity contribution >= 4 is 23.1 Å². The molecule has 0 aliphatic carbocycles. The Morgan fingerprint density at radius 3 is 2.94 bits per heavy atom. The van der Waals surface area contributed by atoms with Crippen LogP contribution in [0.1, 0.15) is 15.5 Å². The Hall–Kier alpha value is -2.02. The Balaban J connectivity index is 1.96. The van der Waals surface area contributed by atoms with Crippen LogP contribution in [0.3, 0.4) is 0 Å². The summed E-state index contributed by atoms with van der Waals surface area (Å²) in [7, 11) is 1.30. The molecule has 1 N–H and O–H groups in total. The van der Waals surface area contributed by atoms with Crippen molar-refractivity contribution in [1.82, 2.24) is 15.2 Å². The van der Waals surface area contributed by atoms with Crippen LogP contribution in [-0.4, -0.2) is 28.3 Å². The molecule has 0 atom stereocenters. The Morgan fingerprint density at radius 2 is 2.35 bits per heavy atom. The third-order valence-electron chi connectivity index (χ3n) is 1.96. The molecule has 88 valence electrons. The summed E-state index contributed by atoms with van der Waals surface area (Å²) in [4.78, 5) is 15.2. The Labute approximate surface area is 102 Å². The summed E-state index contributed by atoms with van der Waals surface area (Å²) in [5.74, 6) is 0.0943. The summed E-state index contributed by atoms with van der Waals surface area (Å²) in [6.07, 6.45) is 1.74. The van der Waals surface area contributed by atoms with Crippen LogP contribution in [0.4, 0.5) is 5.82 Å². The average Bonchev–Trinajstić information content (AvgIpc) is 2.89. The number of ether oxygens (including phenoxy) is 1. The van der Waals surface area contributed by atoms with Gasteiger partial charge in [0.25, 0.3) is 0 Å². The third kappa shape index (κ3) is 2.97. The van der Waals surface area contributed by atoms with E-state index in [1.807, 2.05) is 5.38 Å². The Bertz CT molecular complexity index is 484. The number of thiazole rings is 1. The normalized spacial score (nSPS) is 9.94. The van der Waals surface area contributed by atoms with E-state index in [1.165, 1.54) is 7.11 Å². The monoisotopic (exact) mass is 250 g/mol. The van der Waals surface area contributed by atoms with Gasteiger partial charge in [-0.3, -0.25) is 0 Å². The maximum Gasteiger partial charge on any atom is 0.358 e. The first kappa shape index (κ1) is 11.5. The molecule has 0 amide bonds. The lowest BCUT2D eigenvalue weighted by atomic mass is 10.4. The lowest BCUT2D eigenvalue weighted by Crippen LogP contribution is -2.07. The number of methoxy groups -OCH3 is 1. The third-order valence-corrected chi connectivity index (χ3v) is 2.74. The first-order valence-corrected chi connectivity index (χ1v) is 5.72. The van der Waals surface area contributed by atoms with E-state index in [0.29, 0.717) is 12.4 Å². The van der Waals surface area contributed by atoms with E-state index in [4.69, 9.17) is 0 Å².